The van der Waals surface area contributed by atoms with Gasteiger partial charge in [-0.1, -0.05) is 30.3 Å². The van der Waals surface area contributed by atoms with Crippen LogP contribution in [-0.2, 0) is 0 Å². The Hall–Kier alpha value is -3.53. The quantitative estimate of drug-likeness (QED) is 0.491. The molecule has 1 heterocycles. The summed E-state index contributed by atoms with van der Waals surface area (Å²) in [5.74, 6) is 1.70. The van der Waals surface area contributed by atoms with Gasteiger partial charge in [-0.3, -0.25) is 0 Å². The van der Waals surface area contributed by atoms with Crippen molar-refractivity contribution in [3.63, 3.8) is 0 Å². The van der Waals surface area contributed by atoms with E-state index in [0.29, 0.717) is 5.58 Å². The summed E-state index contributed by atoms with van der Waals surface area (Å²) in [5.41, 5.74) is 2.43. The minimum Gasteiger partial charge on any atom is -0.508 e. The maximum Gasteiger partial charge on any atom is 0.137 e. The SMILES string of the molecule is CC(C)Oc1ccc(N=c2cc(-c3ccccc3)oc3ccc(O)cc23)cc1. The summed E-state index contributed by atoms with van der Waals surface area (Å²) < 4.78 is 11.7. The predicted molar refractivity (Wildman–Crippen MR) is 111 cm³/mol. The topological polar surface area (TPSA) is 55.0 Å². The predicted octanol–water partition coefficient (Wildman–Crippen LogP) is 5.83. The third-order valence-electron chi connectivity index (χ3n) is 4.24. The molecule has 0 aliphatic carbocycles. The van der Waals surface area contributed by atoms with E-state index in [2.05, 4.69) is 0 Å². The number of hydrogen-bond acceptors (Lipinski definition) is 4. The molecule has 0 spiro atoms. The van der Waals surface area contributed by atoms with E-state index in [9.17, 15) is 5.11 Å². The van der Waals surface area contributed by atoms with Crippen LogP contribution in [-0.4, -0.2) is 11.2 Å². The number of nitrogens with zero attached hydrogens (tertiary/aromatic N) is 1. The van der Waals surface area contributed by atoms with Crippen LogP contribution in [0.4, 0.5) is 5.69 Å². The van der Waals surface area contributed by atoms with Crippen molar-refractivity contribution in [2.24, 2.45) is 4.99 Å². The molecule has 28 heavy (non-hydrogen) atoms. The number of phenolic OH excluding ortho intramolecular Hbond substituents is 1. The average Bonchev–Trinajstić information content (AvgIpc) is 2.70. The van der Waals surface area contributed by atoms with Gasteiger partial charge in [0, 0.05) is 17.0 Å². The number of hydrogen-bond donors (Lipinski definition) is 1. The second-order valence-corrected chi connectivity index (χ2v) is 6.81. The highest BCUT2D eigenvalue weighted by Gasteiger charge is 2.07. The van der Waals surface area contributed by atoms with Gasteiger partial charge in [-0.2, -0.15) is 0 Å². The fourth-order valence-corrected chi connectivity index (χ4v) is 3.00. The van der Waals surface area contributed by atoms with Crippen LogP contribution in [0, 0.1) is 0 Å². The minimum atomic E-state index is 0.124. The number of fused-ring (bicyclic) bond motifs is 1. The van der Waals surface area contributed by atoms with E-state index in [1.165, 1.54) is 0 Å². The molecule has 0 atom stereocenters. The molecule has 0 aliphatic rings. The van der Waals surface area contributed by atoms with Crippen LogP contribution in [0.25, 0.3) is 22.3 Å². The van der Waals surface area contributed by atoms with Crippen molar-refractivity contribution in [2.75, 3.05) is 0 Å². The molecule has 0 bridgehead atoms. The lowest BCUT2D eigenvalue weighted by molar-refractivity contribution is 0.242. The van der Waals surface area contributed by atoms with Crippen molar-refractivity contribution >= 4 is 16.7 Å². The monoisotopic (exact) mass is 371 g/mol. The van der Waals surface area contributed by atoms with E-state index in [4.69, 9.17) is 14.1 Å². The molecule has 4 rings (SSSR count). The number of aromatic hydroxyl groups is 1. The molecule has 0 saturated heterocycles. The van der Waals surface area contributed by atoms with Crippen LogP contribution in [0.5, 0.6) is 11.5 Å². The Kier molecular flexibility index (Phi) is 4.85. The zero-order valence-corrected chi connectivity index (χ0v) is 15.8. The Morgan fingerprint density at radius 3 is 2.36 bits per heavy atom. The largest absolute Gasteiger partial charge is 0.508 e. The van der Waals surface area contributed by atoms with Crippen molar-refractivity contribution in [2.45, 2.75) is 20.0 Å². The van der Waals surface area contributed by atoms with E-state index in [1.807, 2.05) is 74.5 Å². The van der Waals surface area contributed by atoms with Crippen molar-refractivity contribution in [3.8, 4) is 22.8 Å². The van der Waals surface area contributed by atoms with Gasteiger partial charge in [-0.05, 0) is 56.3 Å². The highest BCUT2D eigenvalue weighted by atomic mass is 16.5. The highest BCUT2D eigenvalue weighted by Crippen LogP contribution is 2.25. The molecule has 1 N–H and O–H groups in total. The number of phenols is 1. The van der Waals surface area contributed by atoms with Gasteiger partial charge < -0.3 is 14.3 Å². The smallest absolute Gasteiger partial charge is 0.137 e. The van der Waals surface area contributed by atoms with E-state index in [0.717, 1.165) is 33.5 Å². The Bertz CT molecular complexity index is 1160. The maximum absolute atomic E-state index is 9.93. The Morgan fingerprint density at radius 2 is 1.64 bits per heavy atom. The molecule has 140 valence electrons. The molecule has 4 aromatic rings. The van der Waals surface area contributed by atoms with Crippen LogP contribution < -0.4 is 10.1 Å². The molecule has 4 nitrogen and oxygen atoms in total. The maximum atomic E-state index is 9.93. The van der Waals surface area contributed by atoms with Gasteiger partial charge in [-0.25, -0.2) is 4.99 Å². The van der Waals surface area contributed by atoms with Crippen LogP contribution in [0.15, 0.2) is 88.3 Å². The van der Waals surface area contributed by atoms with Crippen molar-refractivity contribution in [1.29, 1.82) is 0 Å². The van der Waals surface area contributed by atoms with E-state index >= 15 is 0 Å². The van der Waals surface area contributed by atoms with Gasteiger partial charge in [0.1, 0.15) is 22.8 Å². The molecule has 3 aromatic carbocycles. The standard InChI is InChI=1S/C24H21NO3/c1-16(2)27-20-11-8-18(9-12-20)25-22-15-24(17-6-4-3-5-7-17)28-23-13-10-19(26)14-21(22)23/h3-16,26H,1-2H3. The lowest BCUT2D eigenvalue weighted by Crippen LogP contribution is -2.05. The first-order valence-electron chi connectivity index (χ1n) is 9.22. The number of rotatable bonds is 4. The second-order valence-electron chi connectivity index (χ2n) is 6.81. The zero-order chi connectivity index (χ0) is 19.5. The van der Waals surface area contributed by atoms with Crippen molar-refractivity contribution < 1.29 is 14.3 Å². The average molecular weight is 371 g/mol. The molecule has 0 amide bonds. The lowest BCUT2D eigenvalue weighted by Gasteiger charge is -2.09. The first-order valence-corrected chi connectivity index (χ1v) is 9.22. The highest BCUT2D eigenvalue weighted by molar-refractivity contribution is 5.80. The van der Waals surface area contributed by atoms with Gasteiger partial charge in [0.15, 0.2) is 0 Å². The van der Waals surface area contributed by atoms with Gasteiger partial charge in [0.25, 0.3) is 0 Å². The molecule has 0 aliphatic heterocycles. The van der Waals surface area contributed by atoms with Crippen LogP contribution >= 0.6 is 0 Å². The fraction of sp³-hybridized carbons (Fsp3) is 0.125. The Morgan fingerprint density at radius 1 is 0.893 bits per heavy atom. The molecule has 1 aromatic heterocycles. The zero-order valence-electron chi connectivity index (χ0n) is 15.8. The van der Waals surface area contributed by atoms with Gasteiger partial charge >= 0.3 is 0 Å². The summed E-state index contributed by atoms with van der Waals surface area (Å²) in [5, 5.41) is 11.4. The second kappa shape index (κ2) is 7.61. The summed E-state index contributed by atoms with van der Waals surface area (Å²) in [6, 6.07) is 24.5. The molecule has 0 unspecified atom stereocenters. The summed E-state index contributed by atoms with van der Waals surface area (Å²) >= 11 is 0. The molecule has 0 fully saturated rings. The fourth-order valence-electron chi connectivity index (χ4n) is 3.00. The third-order valence-corrected chi connectivity index (χ3v) is 4.24. The van der Waals surface area contributed by atoms with E-state index in [1.54, 1.807) is 18.2 Å². The number of benzene rings is 3. The van der Waals surface area contributed by atoms with Gasteiger partial charge in [0.05, 0.1) is 17.1 Å². The molecule has 0 saturated carbocycles. The van der Waals surface area contributed by atoms with Gasteiger partial charge in [-0.15, -0.1) is 0 Å². The summed E-state index contributed by atoms with van der Waals surface area (Å²) in [4.78, 5) is 4.79. The van der Waals surface area contributed by atoms with Gasteiger partial charge in [0.2, 0.25) is 0 Å². The van der Waals surface area contributed by atoms with Crippen LogP contribution in [0.1, 0.15) is 13.8 Å². The van der Waals surface area contributed by atoms with Crippen LogP contribution in [0.3, 0.4) is 0 Å². The van der Waals surface area contributed by atoms with E-state index < -0.39 is 0 Å². The first kappa shape index (κ1) is 17.9. The van der Waals surface area contributed by atoms with Crippen LogP contribution in [0.2, 0.25) is 0 Å². The Labute approximate surface area is 163 Å². The molecule has 4 heteroatoms. The Balaban J connectivity index is 1.86. The van der Waals surface area contributed by atoms with Crippen molar-refractivity contribution in [1.82, 2.24) is 0 Å². The minimum absolute atomic E-state index is 0.124. The summed E-state index contributed by atoms with van der Waals surface area (Å²) in [6.07, 6.45) is 0.124. The summed E-state index contributed by atoms with van der Waals surface area (Å²) in [6.45, 7) is 3.99. The molecular weight excluding hydrogens is 350 g/mol. The van der Waals surface area contributed by atoms with Crippen molar-refractivity contribution in [3.05, 3.63) is 84.2 Å². The molecular formula is C24H21NO3. The molecule has 0 radical (unpaired) electrons. The number of ether oxygens (including phenoxy) is 1. The third kappa shape index (κ3) is 3.91. The summed E-state index contributed by atoms with van der Waals surface area (Å²) in [7, 11) is 0. The van der Waals surface area contributed by atoms with E-state index in [-0.39, 0.29) is 11.9 Å². The normalized spacial score (nSPS) is 11.9. The first-order chi connectivity index (χ1) is 13.6. The lowest BCUT2D eigenvalue weighted by atomic mass is 10.1.